The summed E-state index contributed by atoms with van der Waals surface area (Å²) in [6.45, 7) is 3.91. The van der Waals surface area contributed by atoms with E-state index in [1.807, 2.05) is 49.1 Å². The molecule has 7 heteroatoms. The van der Waals surface area contributed by atoms with Crippen molar-refractivity contribution in [2.24, 2.45) is 7.05 Å². The van der Waals surface area contributed by atoms with Crippen LogP contribution in [0.25, 0.3) is 0 Å². The van der Waals surface area contributed by atoms with E-state index >= 15 is 0 Å². The first kappa shape index (κ1) is 16.7. The highest BCUT2D eigenvalue weighted by atomic mass is 15.3. The molecule has 0 bridgehead atoms. The van der Waals surface area contributed by atoms with Gasteiger partial charge in [-0.3, -0.25) is 9.58 Å². The smallest absolute Gasteiger partial charge is 0.135 e. The van der Waals surface area contributed by atoms with Crippen LogP contribution in [-0.4, -0.2) is 36.2 Å². The van der Waals surface area contributed by atoms with Crippen LogP contribution in [0.4, 0.5) is 11.6 Å². The van der Waals surface area contributed by atoms with Crippen molar-refractivity contribution in [2.45, 2.75) is 32.4 Å². The fourth-order valence-electron chi connectivity index (χ4n) is 3.53. The summed E-state index contributed by atoms with van der Waals surface area (Å²) in [5.74, 6) is 2.35. The molecular weight excluding hydrogens is 326 g/mol. The Morgan fingerprint density at radius 3 is 2.92 bits per heavy atom. The number of likely N-dealkylation sites (tertiary alicyclic amines) is 1. The fraction of sp³-hybridized carbons (Fsp3) is 0.368. The molecule has 1 aliphatic heterocycles. The molecule has 0 saturated carbocycles. The molecule has 1 aliphatic rings. The van der Waals surface area contributed by atoms with E-state index < -0.39 is 0 Å². The quantitative estimate of drug-likeness (QED) is 0.763. The lowest BCUT2D eigenvalue weighted by atomic mass is 10.1. The highest BCUT2D eigenvalue weighted by Crippen LogP contribution is 2.33. The molecule has 0 unspecified atom stereocenters. The SMILES string of the molecule is Cc1nc(Nc2ccccn2)cc([C@@H]2CCCN2Cc2cnn(C)c2)n1. The van der Waals surface area contributed by atoms with Crippen LogP contribution in [0.3, 0.4) is 0 Å². The Morgan fingerprint density at radius 1 is 1.23 bits per heavy atom. The zero-order valence-electron chi connectivity index (χ0n) is 15.1. The fourth-order valence-corrected chi connectivity index (χ4v) is 3.53. The lowest BCUT2D eigenvalue weighted by molar-refractivity contribution is 0.244. The van der Waals surface area contributed by atoms with E-state index in [1.165, 1.54) is 12.0 Å². The predicted molar refractivity (Wildman–Crippen MR) is 99.9 cm³/mol. The molecule has 3 aromatic rings. The summed E-state index contributed by atoms with van der Waals surface area (Å²) in [6, 6.07) is 8.14. The molecule has 26 heavy (non-hydrogen) atoms. The van der Waals surface area contributed by atoms with Gasteiger partial charge in [0.15, 0.2) is 0 Å². The van der Waals surface area contributed by atoms with Crippen molar-refractivity contribution in [2.75, 3.05) is 11.9 Å². The molecule has 0 radical (unpaired) electrons. The number of pyridine rings is 1. The van der Waals surface area contributed by atoms with Gasteiger partial charge in [-0.05, 0) is 38.4 Å². The maximum absolute atomic E-state index is 4.72. The molecule has 1 fully saturated rings. The third-order valence-electron chi connectivity index (χ3n) is 4.63. The second kappa shape index (κ2) is 7.21. The molecule has 1 atom stereocenters. The second-order valence-corrected chi connectivity index (χ2v) is 6.72. The summed E-state index contributed by atoms with van der Waals surface area (Å²) in [6.07, 6.45) is 8.07. The average Bonchev–Trinajstić information content (AvgIpc) is 3.24. The number of nitrogens with one attached hydrogen (secondary N) is 1. The number of aromatic nitrogens is 5. The van der Waals surface area contributed by atoms with Crippen molar-refractivity contribution in [3.05, 3.63) is 59.9 Å². The Balaban J connectivity index is 1.55. The van der Waals surface area contributed by atoms with Crippen molar-refractivity contribution in [1.29, 1.82) is 0 Å². The maximum Gasteiger partial charge on any atom is 0.135 e. The minimum Gasteiger partial charge on any atom is -0.325 e. The minimum atomic E-state index is 0.307. The van der Waals surface area contributed by atoms with Crippen LogP contribution in [0.5, 0.6) is 0 Å². The van der Waals surface area contributed by atoms with E-state index in [0.29, 0.717) is 6.04 Å². The van der Waals surface area contributed by atoms with Crippen molar-refractivity contribution >= 4 is 11.6 Å². The van der Waals surface area contributed by atoms with Gasteiger partial charge in [-0.25, -0.2) is 15.0 Å². The number of rotatable bonds is 5. The van der Waals surface area contributed by atoms with E-state index in [2.05, 4.69) is 31.5 Å². The average molecular weight is 349 g/mol. The molecule has 0 aromatic carbocycles. The van der Waals surface area contributed by atoms with Gasteiger partial charge in [0.25, 0.3) is 0 Å². The highest BCUT2D eigenvalue weighted by molar-refractivity contribution is 5.51. The van der Waals surface area contributed by atoms with E-state index in [9.17, 15) is 0 Å². The molecule has 1 N–H and O–H groups in total. The van der Waals surface area contributed by atoms with Gasteiger partial charge < -0.3 is 5.32 Å². The van der Waals surface area contributed by atoms with Crippen LogP contribution in [0.1, 0.15) is 36.0 Å². The van der Waals surface area contributed by atoms with Gasteiger partial charge in [0.05, 0.1) is 17.9 Å². The molecule has 3 aromatic heterocycles. The first-order valence-electron chi connectivity index (χ1n) is 8.92. The summed E-state index contributed by atoms with van der Waals surface area (Å²) in [5, 5.41) is 7.56. The summed E-state index contributed by atoms with van der Waals surface area (Å²) in [4.78, 5) is 16.0. The molecule has 4 rings (SSSR count). The number of hydrogen-bond donors (Lipinski definition) is 1. The molecule has 134 valence electrons. The Morgan fingerprint density at radius 2 is 2.15 bits per heavy atom. The van der Waals surface area contributed by atoms with Gasteiger partial charge in [0.2, 0.25) is 0 Å². The Bertz CT molecular complexity index is 875. The van der Waals surface area contributed by atoms with Crippen molar-refractivity contribution < 1.29 is 0 Å². The maximum atomic E-state index is 4.72. The van der Waals surface area contributed by atoms with Gasteiger partial charge in [0, 0.05) is 37.6 Å². The van der Waals surface area contributed by atoms with Crippen LogP contribution in [-0.2, 0) is 13.6 Å². The van der Waals surface area contributed by atoms with Crippen LogP contribution in [0.15, 0.2) is 42.9 Å². The third kappa shape index (κ3) is 3.72. The van der Waals surface area contributed by atoms with E-state index in [4.69, 9.17) is 4.98 Å². The van der Waals surface area contributed by atoms with Gasteiger partial charge in [-0.1, -0.05) is 6.07 Å². The number of anilines is 2. The zero-order chi connectivity index (χ0) is 17.9. The lowest BCUT2D eigenvalue weighted by Crippen LogP contribution is -2.23. The molecule has 0 amide bonds. The summed E-state index contributed by atoms with van der Waals surface area (Å²) in [7, 11) is 1.95. The van der Waals surface area contributed by atoms with Crippen LogP contribution in [0, 0.1) is 6.92 Å². The van der Waals surface area contributed by atoms with Crippen molar-refractivity contribution in [1.82, 2.24) is 29.6 Å². The van der Waals surface area contributed by atoms with E-state index in [0.717, 1.165) is 42.7 Å². The molecule has 4 heterocycles. The first-order valence-corrected chi connectivity index (χ1v) is 8.92. The van der Waals surface area contributed by atoms with Crippen molar-refractivity contribution in [3.63, 3.8) is 0 Å². The summed E-state index contributed by atoms with van der Waals surface area (Å²) < 4.78 is 1.85. The number of nitrogens with zero attached hydrogens (tertiary/aromatic N) is 6. The largest absolute Gasteiger partial charge is 0.325 e. The Kier molecular flexibility index (Phi) is 4.62. The molecule has 0 aliphatic carbocycles. The molecular formula is C19H23N7. The number of hydrogen-bond acceptors (Lipinski definition) is 6. The monoisotopic (exact) mass is 349 g/mol. The van der Waals surface area contributed by atoms with Gasteiger partial charge in [-0.15, -0.1) is 0 Å². The third-order valence-corrected chi connectivity index (χ3v) is 4.63. The zero-order valence-corrected chi connectivity index (χ0v) is 15.1. The summed E-state index contributed by atoms with van der Waals surface area (Å²) in [5.41, 5.74) is 2.30. The topological polar surface area (TPSA) is 71.8 Å². The standard InChI is InChI=1S/C19H23N7/c1-14-22-16(10-19(23-14)24-18-7-3-4-8-20-18)17-6-5-9-26(17)13-15-11-21-25(2)12-15/h3-4,7-8,10-12,17H,5-6,9,13H2,1-2H3,(H,20,22,23,24)/t17-/m0/s1. The van der Waals surface area contributed by atoms with Gasteiger partial charge in [-0.2, -0.15) is 5.10 Å². The molecule has 0 spiro atoms. The Hall–Kier alpha value is -2.80. The normalized spacial score (nSPS) is 17.5. The first-order chi connectivity index (χ1) is 12.7. The van der Waals surface area contributed by atoms with Gasteiger partial charge in [0.1, 0.15) is 17.5 Å². The highest BCUT2D eigenvalue weighted by Gasteiger charge is 2.28. The van der Waals surface area contributed by atoms with Crippen LogP contribution >= 0.6 is 0 Å². The van der Waals surface area contributed by atoms with E-state index in [-0.39, 0.29) is 0 Å². The second-order valence-electron chi connectivity index (χ2n) is 6.72. The predicted octanol–water partition coefficient (Wildman–Crippen LogP) is 2.99. The van der Waals surface area contributed by atoms with Crippen LogP contribution in [0.2, 0.25) is 0 Å². The lowest BCUT2D eigenvalue weighted by Gasteiger charge is -2.24. The molecule has 1 saturated heterocycles. The number of aryl methyl sites for hydroxylation is 2. The summed E-state index contributed by atoms with van der Waals surface area (Å²) >= 11 is 0. The minimum absolute atomic E-state index is 0.307. The van der Waals surface area contributed by atoms with E-state index in [1.54, 1.807) is 6.20 Å². The van der Waals surface area contributed by atoms with Crippen molar-refractivity contribution in [3.8, 4) is 0 Å². The van der Waals surface area contributed by atoms with Crippen LogP contribution < -0.4 is 5.32 Å². The van der Waals surface area contributed by atoms with Gasteiger partial charge >= 0.3 is 0 Å². The molecule has 7 nitrogen and oxygen atoms in total. The Labute approximate surface area is 153 Å².